The summed E-state index contributed by atoms with van der Waals surface area (Å²) in [6.45, 7) is 0.398. The molecule has 4 aliphatic rings. The summed E-state index contributed by atoms with van der Waals surface area (Å²) in [5, 5.41) is 17.0. The molecule has 218 valence electrons. The summed E-state index contributed by atoms with van der Waals surface area (Å²) in [5.41, 5.74) is -4.30. The number of aromatic hydroxyl groups is 1. The molecule has 0 spiro atoms. The molecule has 4 aliphatic heterocycles. The molecule has 2 aromatic heterocycles. The van der Waals surface area contributed by atoms with Crippen LogP contribution in [0.5, 0.6) is 11.8 Å². The van der Waals surface area contributed by atoms with Gasteiger partial charge in [-0.05, 0) is 57.7 Å². The summed E-state index contributed by atoms with van der Waals surface area (Å²) in [6, 6.07) is 1.48. The number of ether oxygens (including phenoxy) is 1. The highest BCUT2D eigenvalue weighted by Crippen LogP contribution is 2.41. The lowest BCUT2D eigenvalue weighted by Gasteiger charge is -2.34. The van der Waals surface area contributed by atoms with E-state index in [0.717, 1.165) is 50.9 Å². The van der Waals surface area contributed by atoms with Crippen LogP contribution in [0.4, 0.5) is 19.0 Å². The molecule has 2 atom stereocenters. The van der Waals surface area contributed by atoms with Crippen molar-refractivity contribution in [2.24, 2.45) is 0 Å². The van der Waals surface area contributed by atoms with Gasteiger partial charge in [-0.2, -0.15) is 32.9 Å². The van der Waals surface area contributed by atoms with Gasteiger partial charge in [0.05, 0.1) is 30.6 Å². The third kappa shape index (κ3) is 4.58. The first kappa shape index (κ1) is 24.4. The molecular formula is C27H29ClF3N7O3. The minimum absolute atomic E-state index is 0.182. The van der Waals surface area contributed by atoms with Gasteiger partial charge in [0, 0.05) is 31.2 Å². The Hall–Kier alpha value is -3.16. The van der Waals surface area contributed by atoms with E-state index in [2.05, 4.69) is 25.3 Å². The van der Waals surface area contributed by atoms with Crippen LogP contribution in [0.15, 0.2) is 23.1 Å². The molecule has 7 rings (SSSR count). The van der Waals surface area contributed by atoms with Crippen molar-refractivity contribution in [3.63, 3.8) is 0 Å². The van der Waals surface area contributed by atoms with E-state index in [-0.39, 0.29) is 29.0 Å². The Bertz CT molecular complexity index is 1650. The number of nitrogens with zero attached hydrogens (tertiary/aromatic N) is 6. The van der Waals surface area contributed by atoms with Crippen molar-refractivity contribution >= 4 is 28.3 Å². The van der Waals surface area contributed by atoms with Crippen LogP contribution in [0.25, 0.3) is 16.6 Å². The van der Waals surface area contributed by atoms with E-state index in [1.807, 2.05) is 4.90 Å². The van der Waals surface area contributed by atoms with Crippen molar-refractivity contribution in [1.29, 1.82) is 0 Å². The molecule has 2 N–H and O–H groups in total. The Labute approximate surface area is 240 Å². The first-order valence-electron chi connectivity index (χ1n) is 14.7. The predicted octanol–water partition coefficient (Wildman–Crippen LogP) is 3.50. The number of rotatable bonds is 5. The average molecular weight is 594 g/mol. The number of halogens is 4. The van der Waals surface area contributed by atoms with Gasteiger partial charge in [0.1, 0.15) is 29.2 Å². The zero-order valence-corrected chi connectivity index (χ0v) is 22.7. The Morgan fingerprint density at radius 3 is 2.56 bits per heavy atom. The molecule has 0 radical (unpaired) electrons. The van der Waals surface area contributed by atoms with Crippen LogP contribution in [0.3, 0.4) is 0 Å². The van der Waals surface area contributed by atoms with E-state index < -0.39 is 45.9 Å². The van der Waals surface area contributed by atoms with Gasteiger partial charge in [-0.25, -0.2) is 0 Å². The van der Waals surface area contributed by atoms with Gasteiger partial charge in [0.25, 0.3) is 5.56 Å². The average Bonchev–Trinajstić information content (AvgIpc) is 3.62. The van der Waals surface area contributed by atoms with E-state index in [0.29, 0.717) is 36.4 Å². The summed E-state index contributed by atoms with van der Waals surface area (Å²) in [6.07, 6.45) is 0.983. The van der Waals surface area contributed by atoms with Gasteiger partial charge in [-0.3, -0.25) is 9.69 Å². The number of hydrogen-bond donors (Lipinski definition) is 2. The molecule has 1 aromatic carbocycles. The zero-order chi connectivity index (χ0) is 30.3. The fourth-order valence-electron chi connectivity index (χ4n) is 6.85. The van der Waals surface area contributed by atoms with Crippen LogP contribution in [0.1, 0.15) is 46.8 Å². The van der Waals surface area contributed by atoms with Crippen LogP contribution in [-0.4, -0.2) is 80.1 Å². The molecular weight excluding hydrogens is 563 g/mol. The van der Waals surface area contributed by atoms with Crippen molar-refractivity contribution in [3.8, 4) is 17.4 Å². The summed E-state index contributed by atoms with van der Waals surface area (Å²) in [5.74, 6) is -0.293. The maximum Gasteiger partial charge on any atom is 0.419 e. The smallest absolute Gasteiger partial charge is 0.419 e. The number of benzene rings is 1. The zero-order valence-electron chi connectivity index (χ0n) is 23.9. The number of phenols is 1. The Morgan fingerprint density at radius 1 is 1.17 bits per heavy atom. The van der Waals surface area contributed by atoms with Crippen molar-refractivity contribution in [3.05, 3.63) is 39.3 Å². The third-order valence-electron chi connectivity index (χ3n) is 8.66. The second-order valence-corrected chi connectivity index (χ2v) is 11.7. The summed E-state index contributed by atoms with van der Waals surface area (Å²) in [7, 11) is 0. The fraction of sp³-hybridized carbons (Fsp3) is 0.556. The Kier molecular flexibility index (Phi) is 5.78. The highest BCUT2D eigenvalue weighted by Gasteiger charge is 2.45. The number of anilines is 1. The molecule has 0 aliphatic carbocycles. The van der Waals surface area contributed by atoms with Gasteiger partial charge >= 0.3 is 12.2 Å². The number of alkyl halides is 3. The number of hydrogen-bond acceptors (Lipinski definition) is 9. The summed E-state index contributed by atoms with van der Waals surface area (Å²) in [4.78, 5) is 26.8. The molecule has 2 bridgehead atoms. The molecule has 14 heteroatoms. The van der Waals surface area contributed by atoms with E-state index >= 15 is 0 Å². The summed E-state index contributed by atoms with van der Waals surface area (Å²) < 4.78 is 66.5. The standard InChI is InChI=1S/C27H29ClF3N7O3/c28-19-9-17(39)10-20(21(19)27(29,30)31)38-24(40)22-18(11-32-38)23(36-12-15-3-4-16(13-36)33-15)35-25(34-22)41-14-26-5-1-7-37(26)8-2-6-26/h9-11,15-16,33,39H,1-8,12-14H2/t15-,16+/i14D2. The van der Waals surface area contributed by atoms with Crippen LogP contribution in [0, 0.1) is 0 Å². The number of piperazine rings is 1. The van der Waals surface area contributed by atoms with Crippen LogP contribution >= 0.6 is 11.6 Å². The van der Waals surface area contributed by atoms with Crippen LogP contribution < -0.4 is 20.5 Å². The Morgan fingerprint density at radius 2 is 1.88 bits per heavy atom. The molecule has 4 fully saturated rings. The largest absolute Gasteiger partial charge is 0.508 e. The van der Waals surface area contributed by atoms with Crippen molar-refractivity contribution in [2.75, 3.05) is 37.6 Å². The lowest BCUT2D eigenvalue weighted by molar-refractivity contribution is -0.137. The molecule has 6 heterocycles. The first-order valence-corrected chi connectivity index (χ1v) is 14.1. The number of phenolic OH excluding ortho intramolecular Hbond substituents is 1. The lowest BCUT2D eigenvalue weighted by atomic mass is 9.95. The normalized spacial score (nSPS) is 24.9. The minimum Gasteiger partial charge on any atom is -0.508 e. The topological polar surface area (TPSA) is 109 Å². The van der Waals surface area contributed by atoms with Gasteiger partial charge < -0.3 is 20.1 Å². The second-order valence-electron chi connectivity index (χ2n) is 11.2. The molecule has 3 aromatic rings. The van der Waals surface area contributed by atoms with Gasteiger partial charge in [-0.15, -0.1) is 0 Å². The van der Waals surface area contributed by atoms with Crippen LogP contribution in [-0.2, 0) is 6.18 Å². The molecule has 0 saturated carbocycles. The maximum atomic E-state index is 14.0. The maximum absolute atomic E-state index is 14.0. The predicted molar refractivity (Wildman–Crippen MR) is 145 cm³/mol. The third-order valence-corrected chi connectivity index (χ3v) is 8.96. The highest BCUT2D eigenvalue weighted by molar-refractivity contribution is 6.31. The fourth-order valence-corrected chi connectivity index (χ4v) is 7.17. The number of aromatic nitrogens is 4. The van der Waals surface area contributed by atoms with E-state index in [9.17, 15) is 23.1 Å². The van der Waals surface area contributed by atoms with Crippen molar-refractivity contribution in [2.45, 2.75) is 62.3 Å². The molecule has 0 unspecified atom stereocenters. The summed E-state index contributed by atoms with van der Waals surface area (Å²) >= 11 is 5.88. The van der Waals surface area contributed by atoms with E-state index in [4.69, 9.17) is 19.1 Å². The van der Waals surface area contributed by atoms with Crippen LogP contribution in [0.2, 0.25) is 5.02 Å². The molecule has 10 nitrogen and oxygen atoms in total. The minimum atomic E-state index is -4.97. The lowest BCUT2D eigenvalue weighted by Crippen LogP contribution is -2.51. The van der Waals surface area contributed by atoms with Crippen molar-refractivity contribution in [1.82, 2.24) is 30.0 Å². The highest BCUT2D eigenvalue weighted by atomic mass is 35.5. The SMILES string of the molecule is [2H]C([2H])(Oc1nc(N2C[C@H]3CC[C@@H](C2)N3)c2cnn(-c3cc(O)cc(Cl)c3C(F)(F)F)c(=O)c2n1)C12CCCN1CCC2. The Balaban J connectivity index is 1.40. The van der Waals surface area contributed by atoms with Gasteiger partial charge in [-0.1, -0.05) is 11.6 Å². The molecule has 41 heavy (non-hydrogen) atoms. The van der Waals surface area contributed by atoms with Crippen molar-refractivity contribution < 1.29 is 25.8 Å². The number of fused-ring (bicyclic) bond motifs is 4. The van der Waals surface area contributed by atoms with E-state index in [1.54, 1.807) is 0 Å². The van der Waals surface area contributed by atoms with Gasteiger partial charge in [0.15, 0.2) is 0 Å². The first-order chi connectivity index (χ1) is 20.4. The van der Waals surface area contributed by atoms with Gasteiger partial charge in [0.2, 0.25) is 0 Å². The monoisotopic (exact) mass is 593 g/mol. The van der Waals surface area contributed by atoms with E-state index in [1.165, 1.54) is 6.20 Å². The quantitative estimate of drug-likeness (QED) is 0.459. The molecule has 4 saturated heterocycles. The number of nitrogens with one attached hydrogen (secondary N) is 1. The second kappa shape index (κ2) is 9.70. The molecule has 0 amide bonds.